The summed E-state index contributed by atoms with van der Waals surface area (Å²) in [5.74, 6) is 0.334. The minimum absolute atomic E-state index is 0.0578. The predicted molar refractivity (Wildman–Crippen MR) is 150 cm³/mol. The van der Waals surface area contributed by atoms with E-state index in [1.165, 1.54) is 10.4 Å². The van der Waals surface area contributed by atoms with Crippen LogP contribution in [-0.2, 0) is 13.9 Å². The van der Waals surface area contributed by atoms with Crippen molar-refractivity contribution in [3.63, 3.8) is 0 Å². The molecule has 2 heterocycles. The molecule has 0 spiro atoms. The molecule has 0 amide bonds. The molecule has 2 aliphatic rings. The second-order valence-corrected chi connectivity index (χ2v) is 16.1. The molecule has 2 fully saturated rings. The van der Waals surface area contributed by atoms with Crippen molar-refractivity contribution in [2.24, 2.45) is 0 Å². The smallest absolute Gasteiger partial charge is 0.261 e. The van der Waals surface area contributed by atoms with Crippen LogP contribution in [0.1, 0.15) is 52.8 Å². The van der Waals surface area contributed by atoms with E-state index in [1.54, 1.807) is 0 Å². The van der Waals surface area contributed by atoms with Gasteiger partial charge in [-0.15, -0.1) is 0 Å². The largest absolute Gasteiger partial charge is 0.402 e. The molecule has 6 rings (SSSR count). The third kappa shape index (κ3) is 4.16. The molecular weight excluding hydrogens is 476 g/mol. The number of imidazole rings is 1. The van der Waals surface area contributed by atoms with Crippen molar-refractivity contribution in [1.82, 2.24) is 9.97 Å². The first kappa shape index (κ1) is 24.6. The Hall–Kier alpha value is -2.77. The Labute approximate surface area is 220 Å². The first-order chi connectivity index (χ1) is 17.7. The van der Waals surface area contributed by atoms with Gasteiger partial charge in [0.25, 0.3) is 8.32 Å². The lowest BCUT2D eigenvalue weighted by atomic mass is 10.1. The number of hydrogen-bond donors (Lipinski definition) is 1. The predicted octanol–water partition coefficient (Wildman–Crippen LogP) is 5.52. The number of para-hydroxylation sites is 2. The lowest BCUT2D eigenvalue weighted by Crippen LogP contribution is -2.68. The third-order valence-electron chi connectivity index (χ3n) is 7.92. The molecule has 4 aromatic rings. The summed E-state index contributed by atoms with van der Waals surface area (Å²) < 4.78 is 20.7. The van der Waals surface area contributed by atoms with Gasteiger partial charge in [0.15, 0.2) is 5.79 Å². The zero-order chi connectivity index (χ0) is 25.8. The topological polar surface area (TPSA) is 56.4 Å². The van der Waals surface area contributed by atoms with Crippen molar-refractivity contribution >= 4 is 29.7 Å². The Kier molecular flexibility index (Phi) is 5.91. The van der Waals surface area contributed by atoms with Crippen LogP contribution in [0.25, 0.3) is 11.0 Å². The molecule has 1 saturated heterocycles. The maximum absolute atomic E-state index is 7.56. The molecule has 4 atom stereocenters. The molecule has 1 aliphatic carbocycles. The van der Waals surface area contributed by atoms with Crippen LogP contribution in [0, 0.1) is 0 Å². The highest BCUT2D eigenvalue weighted by atomic mass is 28.4. The minimum Gasteiger partial charge on any atom is -0.402 e. The summed E-state index contributed by atoms with van der Waals surface area (Å²) in [5.41, 5.74) is 2.02. The van der Waals surface area contributed by atoms with Gasteiger partial charge in [0.1, 0.15) is 11.9 Å². The summed E-state index contributed by atoms with van der Waals surface area (Å²) in [6.45, 7) is 11.0. The number of nitrogens with zero attached hydrogens (tertiary/aromatic N) is 1. The fraction of sp³-hybridized carbons (Fsp3) is 0.387. The second kappa shape index (κ2) is 8.91. The quantitative estimate of drug-likeness (QED) is 0.358. The first-order valence-corrected chi connectivity index (χ1v) is 15.2. The van der Waals surface area contributed by atoms with Crippen molar-refractivity contribution in [3.8, 4) is 0 Å². The first-order valence-electron chi connectivity index (χ1n) is 13.3. The van der Waals surface area contributed by atoms with E-state index in [0.717, 1.165) is 23.3 Å². The van der Waals surface area contributed by atoms with E-state index in [1.807, 2.05) is 32.0 Å². The number of aromatic amines is 1. The van der Waals surface area contributed by atoms with Crippen LogP contribution in [0.3, 0.4) is 0 Å². The van der Waals surface area contributed by atoms with Crippen LogP contribution in [0.5, 0.6) is 0 Å². The Morgan fingerprint density at radius 3 is 2.00 bits per heavy atom. The molecule has 6 heteroatoms. The molecule has 0 radical (unpaired) electrons. The van der Waals surface area contributed by atoms with Crippen LogP contribution in [0.2, 0.25) is 5.04 Å². The molecule has 1 N–H and O–H groups in total. The fourth-order valence-corrected chi connectivity index (χ4v) is 11.1. The van der Waals surface area contributed by atoms with E-state index in [9.17, 15) is 0 Å². The van der Waals surface area contributed by atoms with E-state index in [4.69, 9.17) is 18.9 Å². The highest BCUT2D eigenvalue weighted by Crippen LogP contribution is 2.49. The standard InChI is InChI=1S/C31H36N2O3Si/c1-30(2,3)37(21-14-8-6-9-15-21,22-16-10-7-11-17-22)36-26-20-23(27-28(26)35-31(4,5)34-27)29-32-24-18-12-13-19-25(24)33-29/h6-19,23,26-28H,20H2,1-5H3,(H,32,33)/t23-,26+,27+,28-/m0/s1. The molecule has 3 aromatic carbocycles. The van der Waals surface area contributed by atoms with Gasteiger partial charge in [-0.05, 0) is 47.8 Å². The second-order valence-electron chi connectivity index (χ2n) is 11.9. The lowest BCUT2D eigenvalue weighted by Gasteiger charge is -2.45. The van der Waals surface area contributed by atoms with Gasteiger partial charge in [-0.1, -0.05) is 93.6 Å². The number of nitrogens with one attached hydrogen (secondary N) is 1. The number of fused-ring (bicyclic) bond motifs is 2. The van der Waals surface area contributed by atoms with Gasteiger partial charge in [0.2, 0.25) is 0 Å². The molecule has 1 aromatic heterocycles. The molecule has 1 saturated carbocycles. The average Bonchev–Trinajstić information content (AvgIpc) is 3.53. The van der Waals surface area contributed by atoms with Crippen LogP contribution >= 0.6 is 0 Å². The molecule has 192 valence electrons. The van der Waals surface area contributed by atoms with Gasteiger partial charge in [0.05, 0.1) is 23.2 Å². The molecule has 0 unspecified atom stereocenters. The van der Waals surface area contributed by atoms with E-state index in [2.05, 4.69) is 92.5 Å². The van der Waals surface area contributed by atoms with Gasteiger partial charge in [-0.3, -0.25) is 0 Å². The molecule has 1 aliphatic heterocycles. The van der Waals surface area contributed by atoms with Crippen molar-refractivity contribution in [3.05, 3.63) is 90.8 Å². The van der Waals surface area contributed by atoms with Gasteiger partial charge in [0, 0.05) is 5.92 Å². The van der Waals surface area contributed by atoms with Crippen LogP contribution in [0.15, 0.2) is 84.9 Å². The highest BCUT2D eigenvalue weighted by Gasteiger charge is 2.60. The van der Waals surface area contributed by atoms with E-state index in [0.29, 0.717) is 0 Å². The summed E-state index contributed by atoms with van der Waals surface area (Å²) >= 11 is 0. The SMILES string of the molecule is CC1(C)O[C@@H]2[C@H](O1)[C@@H](c1nc3ccccc3[nH]1)C[C@H]2O[Si](c1ccccc1)(c1ccccc1)C(C)(C)C. The molecular formula is C31H36N2O3Si. The fourth-order valence-electron chi connectivity index (χ4n) is 6.38. The van der Waals surface area contributed by atoms with Crippen molar-refractivity contribution in [2.75, 3.05) is 0 Å². The van der Waals surface area contributed by atoms with Gasteiger partial charge < -0.3 is 18.9 Å². The number of benzene rings is 3. The lowest BCUT2D eigenvalue weighted by molar-refractivity contribution is -0.162. The number of aromatic nitrogens is 2. The van der Waals surface area contributed by atoms with E-state index < -0.39 is 14.1 Å². The van der Waals surface area contributed by atoms with Gasteiger partial charge in [-0.2, -0.15) is 0 Å². The van der Waals surface area contributed by atoms with Crippen molar-refractivity contribution in [2.45, 2.75) is 76.1 Å². The summed E-state index contributed by atoms with van der Waals surface area (Å²) in [5, 5.41) is 2.43. The summed E-state index contributed by atoms with van der Waals surface area (Å²) in [7, 11) is -2.75. The zero-order valence-corrected chi connectivity index (χ0v) is 23.3. The van der Waals surface area contributed by atoms with Crippen LogP contribution in [-0.4, -0.2) is 42.4 Å². The van der Waals surface area contributed by atoms with Gasteiger partial charge in [-0.25, -0.2) is 4.98 Å². The molecule has 37 heavy (non-hydrogen) atoms. The van der Waals surface area contributed by atoms with Crippen molar-refractivity contribution < 1.29 is 13.9 Å². The minimum atomic E-state index is -2.75. The number of H-pyrrole nitrogens is 1. The Balaban J connectivity index is 1.45. The highest BCUT2D eigenvalue weighted by molar-refractivity contribution is 6.99. The third-order valence-corrected chi connectivity index (χ3v) is 13.0. The number of ether oxygens (including phenoxy) is 2. The zero-order valence-electron chi connectivity index (χ0n) is 22.3. The molecule has 0 bridgehead atoms. The number of hydrogen-bond acceptors (Lipinski definition) is 4. The van der Waals surface area contributed by atoms with Crippen molar-refractivity contribution in [1.29, 1.82) is 0 Å². The van der Waals surface area contributed by atoms with Crippen LogP contribution < -0.4 is 10.4 Å². The van der Waals surface area contributed by atoms with E-state index in [-0.39, 0.29) is 29.3 Å². The monoisotopic (exact) mass is 512 g/mol. The van der Waals surface area contributed by atoms with E-state index >= 15 is 0 Å². The molecule has 5 nitrogen and oxygen atoms in total. The maximum Gasteiger partial charge on any atom is 0.261 e. The Morgan fingerprint density at radius 2 is 1.41 bits per heavy atom. The van der Waals surface area contributed by atoms with Gasteiger partial charge >= 0.3 is 0 Å². The maximum atomic E-state index is 7.56. The Morgan fingerprint density at radius 1 is 0.838 bits per heavy atom. The average molecular weight is 513 g/mol. The summed E-state index contributed by atoms with van der Waals surface area (Å²) in [4.78, 5) is 8.53. The Bertz CT molecular complexity index is 1310. The summed E-state index contributed by atoms with van der Waals surface area (Å²) in [6, 6.07) is 29.8. The normalized spacial score (nSPS) is 25.4. The number of rotatable bonds is 5. The summed E-state index contributed by atoms with van der Waals surface area (Å²) in [6.07, 6.45) is 0.361. The van der Waals surface area contributed by atoms with Crippen LogP contribution in [0.4, 0.5) is 0 Å².